The number of fused-ring (bicyclic) bond motifs is 1. The molecule has 2 aliphatic heterocycles. The molecule has 2 N–H and O–H groups in total. The summed E-state index contributed by atoms with van der Waals surface area (Å²) in [4.78, 5) is 5.93. The summed E-state index contributed by atoms with van der Waals surface area (Å²) in [6, 6.07) is 7.41. The van der Waals surface area contributed by atoms with Gasteiger partial charge in [-0.1, -0.05) is 12.1 Å². The first-order valence-corrected chi connectivity index (χ1v) is 9.15. The van der Waals surface area contributed by atoms with Crippen molar-refractivity contribution in [1.82, 2.24) is 15.5 Å². The molecule has 2 heterocycles. The third-order valence-corrected chi connectivity index (χ3v) is 4.38. The summed E-state index contributed by atoms with van der Waals surface area (Å²) in [6.45, 7) is 3.30. The lowest BCUT2D eigenvalue weighted by Crippen LogP contribution is -2.46. The molecule has 1 aromatic rings. The number of para-hydroxylation sites is 2. The van der Waals surface area contributed by atoms with Crippen LogP contribution in [0.2, 0.25) is 0 Å². The highest BCUT2D eigenvalue weighted by atomic mass is 127. The second-order valence-electron chi connectivity index (χ2n) is 6.70. The van der Waals surface area contributed by atoms with Crippen molar-refractivity contribution in [1.29, 1.82) is 0 Å². The van der Waals surface area contributed by atoms with Crippen molar-refractivity contribution in [2.75, 3.05) is 39.3 Å². The van der Waals surface area contributed by atoms with E-state index in [1.165, 1.54) is 4.90 Å². The molecule has 10 heteroatoms. The fraction of sp³-hybridized carbons (Fsp3) is 0.611. The predicted molar refractivity (Wildman–Crippen MR) is 112 cm³/mol. The highest BCUT2D eigenvalue weighted by molar-refractivity contribution is 14.0. The minimum atomic E-state index is -4.16. The van der Waals surface area contributed by atoms with Crippen LogP contribution in [0.1, 0.15) is 13.3 Å². The van der Waals surface area contributed by atoms with Crippen LogP contribution in [-0.4, -0.2) is 68.5 Å². The molecule has 6 nitrogen and oxygen atoms in total. The second-order valence-corrected chi connectivity index (χ2v) is 6.70. The van der Waals surface area contributed by atoms with Crippen molar-refractivity contribution in [3.8, 4) is 11.5 Å². The molecule has 0 radical (unpaired) electrons. The summed E-state index contributed by atoms with van der Waals surface area (Å²) >= 11 is 0. The SMILES string of the molecule is CCNC(=NCC1COc2ccccc2O1)NC1CCN(CC(F)(F)F)C1.I. The molecule has 2 aliphatic rings. The van der Waals surface area contributed by atoms with Gasteiger partial charge in [-0.25, -0.2) is 4.99 Å². The van der Waals surface area contributed by atoms with Gasteiger partial charge in [-0.3, -0.25) is 4.90 Å². The summed E-state index contributed by atoms with van der Waals surface area (Å²) in [5.41, 5.74) is 0. The van der Waals surface area contributed by atoms with Gasteiger partial charge in [0.25, 0.3) is 0 Å². The first kappa shape index (κ1) is 22.9. The molecule has 0 aliphatic carbocycles. The molecule has 0 aromatic heterocycles. The molecule has 0 amide bonds. The van der Waals surface area contributed by atoms with Crippen LogP contribution < -0.4 is 20.1 Å². The summed E-state index contributed by atoms with van der Waals surface area (Å²) in [5, 5.41) is 6.36. The highest BCUT2D eigenvalue weighted by Crippen LogP contribution is 2.30. The van der Waals surface area contributed by atoms with Crippen LogP contribution >= 0.6 is 24.0 Å². The third-order valence-electron chi connectivity index (χ3n) is 4.38. The number of benzene rings is 1. The lowest BCUT2D eigenvalue weighted by molar-refractivity contribution is -0.143. The molecular formula is C18H26F3IN4O2. The smallest absolute Gasteiger partial charge is 0.401 e. The predicted octanol–water partition coefficient (Wildman–Crippen LogP) is 2.64. The minimum Gasteiger partial charge on any atom is -0.486 e. The number of alkyl halides is 3. The fourth-order valence-electron chi connectivity index (χ4n) is 3.21. The summed E-state index contributed by atoms with van der Waals surface area (Å²) < 4.78 is 49.1. The zero-order valence-corrected chi connectivity index (χ0v) is 18.0. The maximum atomic E-state index is 12.5. The van der Waals surface area contributed by atoms with Crippen molar-refractivity contribution in [2.45, 2.75) is 31.7 Å². The first-order chi connectivity index (χ1) is 12.9. The Balaban J connectivity index is 0.00000280. The van der Waals surface area contributed by atoms with Crippen LogP contribution in [0.15, 0.2) is 29.3 Å². The molecule has 3 rings (SSSR count). The molecule has 0 saturated carbocycles. The van der Waals surface area contributed by atoms with Gasteiger partial charge in [0, 0.05) is 25.7 Å². The lowest BCUT2D eigenvalue weighted by Gasteiger charge is -2.26. The molecule has 1 saturated heterocycles. The minimum absolute atomic E-state index is 0. The van der Waals surface area contributed by atoms with E-state index in [0.29, 0.717) is 50.9 Å². The molecule has 0 bridgehead atoms. The topological polar surface area (TPSA) is 58.1 Å². The quantitative estimate of drug-likeness (QED) is 0.360. The van der Waals surface area contributed by atoms with Gasteiger partial charge in [0.2, 0.25) is 0 Å². The number of guanidine groups is 1. The zero-order chi connectivity index (χ0) is 19.3. The van der Waals surface area contributed by atoms with E-state index < -0.39 is 12.7 Å². The van der Waals surface area contributed by atoms with Crippen molar-refractivity contribution < 1.29 is 22.6 Å². The second kappa shape index (κ2) is 10.4. The lowest BCUT2D eigenvalue weighted by atomic mass is 10.2. The Morgan fingerprint density at radius 2 is 2.04 bits per heavy atom. The molecule has 158 valence electrons. The molecular weight excluding hydrogens is 488 g/mol. The number of halogens is 4. The fourth-order valence-corrected chi connectivity index (χ4v) is 3.21. The average molecular weight is 514 g/mol. The van der Waals surface area contributed by atoms with E-state index in [-0.39, 0.29) is 36.1 Å². The highest BCUT2D eigenvalue weighted by Gasteiger charge is 2.34. The molecule has 1 fully saturated rings. The normalized spacial score (nSPS) is 22.5. The Hall–Kier alpha value is -1.43. The molecule has 2 unspecified atom stereocenters. The number of hydrogen-bond donors (Lipinski definition) is 2. The maximum Gasteiger partial charge on any atom is 0.401 e. The summed E-state index contributed by atoms with van der Waals surface area (Å²) in [7, 11) is 0. The monoisotopic (exact) mass is 514 g/mol. The largest absolute Gasteiger partial charge is 0.486 e. The van der Waals surface area contributed by atoms with Gasteiger partial charge in [0.1, 0.15) is 6.61 Å². The zero-order valence-electron chi connectivity index (χ0n) is 15.7. The first-order valence-electron chi connectivity index (χ1n) is 9.15. The Bertz CT molecular complexity index is 660. The summed E-state index contributed by atoms with van der Waals surface area (Å²) in [5.74, 6) is 2.00. The van der Waals surface area contributed by atoms with E-state index in [2.05, 4.69) is 15.6 Å². The number of likely N-dealkylation sites (tertiary alicyclic amines) is 1. The molecule has 0 spiro atoms. The number of nitrogens with one attached hydrogen (secondary N) is 2. The number of rotatable bonds is 5. The van der Waals surface area contributed by atoms with Crippen LogP contribution in [0.3, 0.4) is 0 Å². The van der Waals surface area contributed by atoms with Gasteiger partial charge in [0.15, 0.2) is 23.6 Å². The van der Waals surface area contributed by atoms with Gasteiger partial charge in [0.05, 0.1) is 13.1 Å². The molecule has 2 atom stereocenters. The number of aliphatic imine (C=N–C) groups is 1. The molecule has 1 aromatic carbocycles. The van der Waals surface area contributed by atoms with E-state index in [4.69, 9.17) is 9.47 Å². The third kappa shape index (κ3) is 6.87. The van der Waals surface area contributed by atoms with Crippen LogP contribution in [0.25, 0.3) is 0 Å². The number of hydrogen-bond acceptors (Lipinski definition) is 4. The standard InChI is InChI=1S/C18H25F3N4O2.HI/c1-2-22-17(24-13-7-8-25(10-13)12-18(19,20)21)23-9-14-11-26-15-5-3-4-6-16(15)27-14;/h3-6,13-14H,2,7-12H2,1H3,(H2,22,23,24);1H. The number of ether oxygens (including phenoxy) is 2. The van der Waals surface area contributed by atoms with Gasteiger partial charge in [-0.05, 0) is 25.5 Å². The van der Waals surface area contributed by atoms with E-state index in [1.54, 1.807) is 0 Å². The van der Waals surface area contributed by atoms with Crippen molar-refractivity contribution in [3.63, 3.8) is 0 Å². The molecule has 28 heavy (non-hydrogen) atoms. The van der Waals surface area contributed by atoms with Gasteiger partial charge in [-0.15, -0.1) is 24.0 Å². The van der Waals surface area contributed by atoms with Crippen LogP contribution in [-0.2, 0) is 0 Å². The Morgan fingerprint density at radius 1 is 1.29 bits per heavy atom. The van der Waals surface area contributed by atoms with Crippen molar-refractivity contribution in [2.24, 2.45) is 4.99 Å². The number of nitrogens with zero attached hydrogens (tertiary/aromatic N) is 2. The summed E-state index contributed by atoms with van der Waals surface area (Å²) in [6.07, 6.45) is -3.72. The van der Waals surface area contributed by atoms with Crippen LogP contribution in [0.5, 0.6) is 11.5 Å². The Labute approximate surface area is 179 Å². The Morgan fingerprint density at radius 3 is 2.75 bits per heavy atom. The maximum absolute atomic E-state index is 12.5. The van der Waals surface area contributed by atoms with E-state index in [1.807, 2.05) is 31.2 Å². The van der Waals surface area contributed by atoms with Gasteiger partial charge in [-0.2, -0.15) is 13.2 Å². The van der Waals surface area contributed by atoms with E-state index in [0.717, 1.165) is 5.75 Å². The van der Waals surface area contributed by atoms with E-state index in [9.17, 15) is 13.2 Å². The van der Waals surface area contributed by atoms with Crippen LogP contribution in [0, 0.1) is 0 Å². The van der Waals surface area contributed by atoms with Gasteiger partial charge < -0.3 is 20.1 Å². The van der Waals surface area contributed by atoms with Crippen LogP contribution in [0.4, 0.5) is 13.2 Å². The van der Waals surface area contributed by atoms with E-state index >= 15 is 0 Å². The Kier molecular flexibility index (Phi) is 8.47. The van der Waals surface area contributed by atoms with Crippen molar-refractivity contribution in [3.05, 3.63) is 24.3 Å². The van der Waals surface area contributed by atoms with Gasteiger partial charge >= 0.3 is 6.18 Å². The average Bonchev–Trinajstić information content (AvgIpc) is 3.04. The van der Waals surface area contributed by atoms with Crippen molar-refractivity contribution >= 4 is 29.9 Å².